The molecular formula is C12H20O4S. The largest absolute Gasteiger partial charge is 0.480 e. The molecule has 0 rings (SSSR count). The Morgan fingerprint density at radius 2 is 1.71 bits per heavy atom. The zero-order valence-corrected chi connectivity index (χ0v) is 11.2. The quantitative estimate of drug-likeness (QED) is 0.623. The lowest BCUT2D eigenvalue weighted by atomic mass is 9.92. The summed E-state index contributed by atoms with van der Waals surface area (Å²) < 4.78 is 0. The fourth-order valence-electron chi connectivity index (χ4n) is 1.61. The van der Waals surface area contributed by atoms with E-state index >= 15 is 0 Å². The Bertz CT molecular complexity index is 288. The van der Waals surface area contributed by atoms with E-state index in [1.807, 2.05) is 0 Å². The zero-order valence-electron chi connectivity index (χ0n) is 10.3. The molecule has 2 atom stereocenters. The Morgan fingerprint density at radius 3 is 2.12 bits per heavy atom. The predicted molar refractivity (Wildman–Crippen MR) is 68.3 cm³/mol. The molecule has 0 aromatic rings. The maximum Gasteiger partial charge on any atom is 0.316 e. The van der Waals surface area contributed by atoms with Crippen LogP contribution in [0.15, 0.2) is 0 Å². The van der Waals surface area contributed by atoms with Crippen molar-refractivity contribution in [1.82, 2.24) is 0 Å². The highest BCUT2D eigenvalue weighted by atomic mass is 32.1. The summed E-state index contributed by atoms with van der Waals surface area (Å²) in [5.41, 5.74) is 0. The fraction of sp³-hybridized carbons (Fsp3) is 0.750. The van der Waals surface area contributed by atoms with Crippen LogP contribution in [-0.2, 0) is 14.4 Å². The second-order valence-electron chi connectivity index (χ2n) is 4.33. The van der Waals surface area contributed by atoms with Gasteiger partial charge in [0.2, 0.25) is 0 Å². The average Bonchev–Trinajstić information content (AvgIpc) is 2.21. The standard InChI is InChI=1S/C12H20O4S/c1-8(13)6-7-10(9(2)14)4-3-5-11(17)12(15)16/h10-11,17H,3-7H2,1-2H3,(H,15,16). The second-order valence-corrected chi connectivity index (χ2v) is 4.96. The SMILES string of the molecule is CC(=O)CCC(CCCC(S)C(=O)O)C(C)=O. The van der Waals surface area contributed by atoms with Crippen molar-refractivity contribution >= 4 is 30.2 Å². The van der Waals surface area contributed by atoms with Crippen LogP contribution < -0.4 is 0 Å². The molecule has 0 saturated heterocycles. The molecule has 0 radical (unpaired) electrons. The van der Waals surface area contributed by atoms with E-state index in [0.717, 1.165) is 0 Å². The minimum atomic E-state index is -0.934. The lowest BCUT2D eigenvalue weighted by Crippen LogP contribution is -2.16. The molecule has 0 aromatic heterocycles. The molecule has 17 heavy (non-hydrogen) atoms. The van der Waals surface area contributed by atoms with E-state index in [9.17, 15) is 14.4 Å². The van der Waals surface area contributed by atoms with Crippen LogP contribution in [0.3, 0.4) is 0 Å². The molecule has 0 saturated carbocycles. The van der Waals surface area contributed by atoms with Gasteiger partial charge in [0, 0.05) is 12.3 Å². The van der Waals surface area contributed by atoms with Crippen molar-refractivity contribution in [3.63, 3.8) is 0 Å². The van der Waals surface area contributed by atoms with Crippen molar-refractivity contribution in [3.8, 4) is 0 Å². The van der Waals surface area contributed by atoms with Gasteiger partial charge in [-0.1, -0.05) is 6.42 Å². The lowest BCUT2D eigenvalue weighted by Gasteiger charge is -2.13. The van der Waals surface area contributed by atoms with Crippen molar-refractivity contribution in [1.29, 1.82) is 0 Å². The normalized spacial score (nSPS) is 14.1. The summed E-state index contributed by atoms with van der Waals surface area (Å²) in [5.74, 6) is -0.921. The van der Waals surface area contributed by atoms with Crippen LogP contribution in [0.25, 0.3) is 0 Å². The van der Waals surface area contributed by atoms with Gasteiger partial charge in [-0.05, 0) is 33.1 Å². The van der Waals surface area contributed by atoms with Crippen LogP contribution >= 0.6 is 12.6 Å². The third-order valence-electron chi connectivity index (χ3n) is 2.73. The molecule has 0 aliphatic carbocycles. The smallest absolute Gasteiger partial charge is 0.316 e. The van der Waals surface area contributed by atoms with Crippen molar-refractivity contribution in [2.24, 2.45) is 5.92 Å². The van der Waals surface area contributed by atoms with Gasteiger partial charge in [-0.25, -0.2) is 0 Å². The number of hydrogen-bond acceptors (Lipinski definition) is 4. The monoisotopic (exact) mass is 260 g/mol. The van der Waals surface area contributed by atoms with Gasteiger partial charge in [-0.2, -0.15) is 12.6 Å². The van der Waals surface area contributed by atoms with E-state index in [0.29, 0.717) is 32.1 Å². The Hall–Kier alpha value is -0.840. The van der Waals surface area contributed by atoms with E-state index in [1.165, 1.54) is 13.8 Å². The van der Waals surface area contributed by atoms with Gasteiger partial charge in [0.25, 0.3) is 0 Å². The van der Waals surface area contributed by atoms with E-state index in [1.54, 1.807) is 0 Å². The molecule has 1 N–H and O–H groups in total. The molecule has 2 unspecified atom stereocenters. The maximum absolute atomic E-state index is 11.3. The molecule has 0 amide bonds. The van der Waals surface area contributed by atoms with Crippen LogP contribution in [0.2, 0.25) is 0 Å². The molecule has 4 nitrogen and oxygen atoms in total. The number of carbonyl (C=O) groups excluding carboxylic acids is 2. The first kappa shape index (κ1) is 16.2. The Labute approximate surface area is 107 Å². The molecule has 0 aromatic carbocycles. The highest BCUT2D eigenvalue weighted by Gasteiger charge is 2.17. The van der Waals surface area contributed by atoms with E-state index in [2.05, 4.69) is 12.6 Å². The van der Waals surface area contributed by atoms with Gasteiger partial charge in [-0.3, -0.25) is 9.59 Å². The molecular weight excluding hydrogens is 240 g/mol. The van der Waals surface area contributed by atoms with E-state index in [-0.39, 0.29) is 17.5 Å². The summed E-state index contributed by atoms with van der Waals surface area (Å²) in [7, 11) is 0. The molecule has 0 bridgehead atoms. The maximum atomic E-state index is 11.3. The topological polar surface area (TPSA) is 71.4 Å². The third-order valence-corrected chi connectivity index (χ3v) is 3.21. The fourth-order valence-corrected chi connectivity index (χ4v) is 1.79. The van der Waals surface area contributed by atoms with Gasteiger partial charge >= 0.3 is 5.97 Å². The number of hydrogen-bond donors (Lipinski definition) is 2. The van der Waals surface area contributed by atoms with Crippen LogP contribution in [0.1, 0.15) is 46.0 Å². The van der Waals surface area contributed by atoms with Crippen LogP contribution in [0, 0.1) is 5.92 Å². The molecule has 98 valence electrons. The van der Waals surface area contributed by atoms with Crippen LogP contribution in [-0.4, -0.2) is 27.9 Å². The summed E-state index contributed by atoms with van der Waals surface area (Å²) in [5, 5.41) is 7.97. The summed E-state index contributed by atoms with van der Waals surface area (Å²) in [4.78, 5) is 32.7. The lowest BCUT2D eigenvalue weighted by molar-refractivity contribution is -0.136. The molecule has 0 fully saturated rings. The number of aliphatic carboxylic acids is 1. The van der Waals surface area contributed by atoms with Crippen LogP contribution in [0.5, 0.6) is 0 Å². The Balaban J connectivity index is 3.97. The summed E-state index contributed by atoms with van der Waals surface area (Å²) in [6.45, 7) is 3.02. The van der Waals surface area contributed by atoms with Gasteiger partial charge in [0.15, 0.2) is 0 Å². The number of ketones is 2. The number of rotatable bonds is 9. The van der Waals surface area contributed by atoms with Crippen molar-refractivity contribution in [2.75, 3.05) is 0 Å². The molecule has 0 aliphatic rings. The zero-order chi connectivity index (χ0) is 13.4. The first-order chi connectivity index (χ1) is 7.84. The highest BCUT2D eigenvalue weighted by molar-refractivity contribution is 7.81. The average molecular weight is 260 g/mol. The molecule has 5 heteroatoms. The number of carboxylic acids is 1. The third kappa shape index (κ3) is 7.96. The minimum absolute atomic E-state index is 0.0669. The summed E-state index contributed by atoms with van der Waals surface area (Å²) in [6, 6.07) is 0. The Kier molecular flexibility index (Phi) is 7.87. The van der Waals surface area contributed by atoms with E-state index < -0.39 is 11.2 Å². The van der Waals surface area contributed by atoms with Crippen molar-refractivity contribution < 1.29 is 19.5 Å². The van der Waals surface area contributed by atoms with Crippen LogP contribution in [0.4, 0.5) is 0 Å². The molecule has 0 aliphatic heterocycles. The second kappa shape index (κ2) is 8.28. The van der Waals surface area contributed by atoms with Gasteiger partial charge < -0.3 is 9.90 Å². The van der Waals surface area contributed by atoms with Gasteiger partial charge in [-0.15, -0.1) is 0 Å². The van der Waals surface area contributed by atoms with Crippen molar-refractivity contribution in [2.45, 2.75) is 51.2 Å². The molecule has 0 spiro atoms. The number of carboxylic acid groups (broad SMARTS) is 1. The Morgan fingerprint density at radius 1 is 1.12 bits per heavy atom. The summed E-state index contributed by atoms with van der Waals surface area (Å²) >= 11 is 3.93. The first-order valence-corrected chi connectivity index (χ1v) is 6.27. The minimum Gasteiger partial charge on any atom is -0.480 e. The van der Waals surface area contributed by atoms with Gasteiger partial charge in [0.05, 0.1) is 5.25 Å². The first-order valence-electron chi connectivity index (χ1n) is 5.75. The van der Waals surface area contributed by atoms with E-state index in [4.69, 9.17) is 5.11 Å². The van der Waals surface area contributed by atoms with Gasteiger partial charge in [0.1, 0.15) is 11.6 Å². The number of carbonyl (C=O) groups is 3. The predicted octanol–water partition coefficient (Wildman–Crippen LogP) is 2.11. The van der Waals surface area contributed by atoms with Crippen molar-refractivity contribution in [3.05, 3.63) is 0 Å². The number of Topliss-reactive ketones (excluding diaryl/α,β-unsaturated/α-hetero) is 2. The highest BCUT2D eigenvalue weighted by Crippen LogP contribution is 2.18. The number of thiol groups is 1. The molecule has 0 heterocycles. The summed E-state index contributed by atoms with van der Waals surface area (Å²) in [6.07, 6.45) is 2.69.